The first-order valence-electron chi connectivity index (χ1n) is 5.05. The molecule has 0 saturated heterocycles. The van der Waals surface area contributed by atoms with Crippen LogP contribution in [0.3, 0.4) is 0 Å². The summed E-state index contributed by atoms with van der Waals surface area (Å²) in [6, 6.07) is 6.24. The molecule has 0 fully saturated rings. The topological polar surface area (TPSA) is 72.0 Å². The molecule has 18 heavy (non-hydrogen) atoms. The van der Waals surface area contributed by atoms with Crippen LogP contribution < -0.4 is 4.72 Å². The van der Waals surface area contributed by atoms with E-state index in [9.17, 15) is 8.42 Å². The molecule has 2 aromatic rings. The summed E-state index contributed by atoms with van der Waals surface area (Å²) in [4.78, 5) is 7.67. The van der Waals surface area contributed by atoms with Gasteiger partial charge in [-0.3, -0.25) is 9.71 Å². The number of aromatic nitrogens is 2. The van der Waals surface area contributed by atoms with E-state index in [0.717, 1.165) is 5.69 Å². The minimum atomic E-state index is -3.74. The maximum Gasteiger partial charge on any atom is 0.265 e. The molecule has 0 amide bonds. The summed E-state index contributed by atoms with van der Waals surface area (Å²) in [6.45, 7) is 1.82. The monoisotopic (exact) mass is 283 g/mol. The number of nitrogens with one attached hydrogen (secondary N) is 1. The average Bonchev–Trinajstić information content (AvgIpc) is 2.32. The molecule has 0 spiro atoms. The highest BCUT2D eigenvalue weighted by Gasteiger charge is 2.18. The van der Waals surface area contributed by atoms with Crippen LogP contribution in [0, 0.1) is 6.92 Å². The van der Waals surface area contributed by atoms with Crippen molar-refractivity contribution in [2.24, 2.45) is 0 Å². The molecule has 0 aromatic carbocycles. The van der Waals surface area contributed by atoms with Gasteiger partial charge in [-0.05, 0) is 31.2 Å². The van der Waals surface area contributed by atoms with Crippen molar-refractivity contribution in [1.29, 1.82) is 0 Å². The van der Waals surface area contributed by atoms with E-state index in [2.05, 4.69) is 14.7 Å². The quantitative estimate of drug-likeness (QED) is 0.877. The maximum absolute atomic E-state index is 12.0. The zero-order chi connectivity index (χ0) is 13.2. The fourth-order valence-electron chi connectivity index (χ4n) is 1.31. The van der Waals surface area contributed by atoms with E-state index in [1.807, 2.05) is 6.92 Å². The molecule has 0 radical (unpaired) electrons. The first-order valence-corrected chi connectivity index (χ1v) is 6.91. The molecule has 2 heterocycles. The van der Waals surface area contributed by atoms with Gasteiger partial charge in [0.25, 0.3) is 10.0 Å². The Morgan fingerprint density at radius 3 is 2.61 bits per heavy atom. The van der Waals surface area contributed by atoms with Crippen LogP contribution in [0.25, 0.3) is 0 Å². The van der Waals surface area contributed by atoms with Crippen LogP contribution in [0.5, 0.6) is 0 Å². The molecule has 0 saturated carbocycles. The van der Waals surface area contributed by atoms with Gasteiger partial charge >= 0.3 is 0 Å². The molecule has 5 nitrogen and oxygen atoms in total. The number of pyridine rings is 2. The van der Waals surface area contributed by atoms with E-state index >= 15 is 0 Å². The van der Waals surface area contributed by atoms with E-state index in [-0.39, 0.29) is 10.0 Å². The Morgan fingerprint density at radius 1 is 1.22 bits per heavy atom. The van der Waals surface area contributed by atoms with Crippen LogP contribution >= 0.6 is 11.6 Å². The third-order valence-electron chi connectivity index (χ3n) is 2.18. The minimum Gasteiger partial charge on any atom is -0.278 e. The third-order valence-corrected chi connectivity index (χ3v) is 4.00. The number of sulfonamides is 1. The lowest BCUT2D eigenvalue weighted by Gasteiger charge is -2.08. The number of aryl methyl sites for hydroxylation is 1. The van der Waals surface area contributed by atoms with Crippen LogP contribution in [0.1, 0.15) is 5.69 Å². The summed E-state index contributed by atoms with van der Waals surface area (Å²) < 4.78 is 26.5. The molecule has 0 aliphatic heterocycles. The van der Waals surface area contributed by atoms with Gasteiger partial charge in [-0.1, -0.05) is 11.6 Å². The molecule has 2 rings (SSSR count). The van der Waals surface area contributed by atoms with Crippen molar-refractivity contribution >= 4 is 27.3 Å². The Kier molecular flexibility index (Phi) is 3.49. The standard InChI is InChI=1S/C11H10ClN3O2S/c1-8-4-5-9(7-14-8)15-18(16,17)10-3-2-6-13-11(10)12/h2-7,15H,1H3. The largest absolute Gasteiger partial charge is 0.278 e. The van der Waals surface area contributed by atoms with E-state index in [0.29, 0.717) is 5.69 Å². The van der Waals surface area contributed by atoms with Gasteiger partial charge in [0.1, 0.15) is 10.0 Å². The molecule has 0 bridgehead atoms. The van der Waals surface area contributed by atoms with Crippen molar-refractivity contribution in [2.75, 3.05) is 4.72 Å². The van der Waals surface area contributed by atoms with Gasteiger partial charge in [-0.2, -0.15) is 0 Å². The Bertz CT molecular complexity index is 656. The number of rotatable bonds is 3. The molecule has 0 aliphatic rings. The molecule has 0 aliphatic carbocycles. The average molecular weight is 284 g/mol. The van der Waals surface area contributed by atoms with Gasteiger partial charge in [0.15, 0.2) is 0 Å². The van der Waals surface area contributed by atoms with E-state index in [4.69, 9.17) is 11.6 Å². The number of halogens is 1. The Labute approximate surface area is 110 Å². The normalized spacial score (nSPS) is 11.2. The van der Waals surface area contributed by atoms with E-state index in [1.165, 1.54) is 24.5 Å². The highest BCUT2D eigenvalue weighted by molar-refractivity contribution is 7.92. The molecule has 0 unspecified atom stereocenters. The predicted octanol–water partition coefficient (Wildman–Crippen LogP) is 2.24. The first-order chi connectivity index (χ1) is 8.49. The van der Waals surface area contributed by atoms with Gasteiger partial charge in [-0.15, -0.1) is 0 Å². The molecule has 94 valence electrons. The van der Waals surface area contributed by atoms with Gasteiger partial charge in [0, 0.05) is 11.9 Å². The fraction of sp³-hybridized carbons (Fsp3) is 0.0909. The van der Waals surface area contributed by atoms with Crippen molar-refractivity contribution in [1.82, 2.24) is 9.97 Å². The fourth-order valence-corrected chi connectivity index (χ4v) is 2.81. The summed E-state index contributed by atoms with van der Waals surface area (Å²) in [6.07, 6.45) is 2.87. The van der Waals surface area contributed by atoms with Crippen molar-refractivity contribution in [3.8, 4) is 0 Å². The van der Waals surface area contributed by atoms with Crippen LogP contribution in [0.4, 0.5) is 5.69 Å². The molecule has 0 atom stereocenters. The van der Waals surface area contributed by atoms with Crippen molar-refractivity contribution in [3.63, 3.8) is 0 Å². The molecular formula is C11H10ClN3O2S. The minimum absolute atomic E-state index is 0.0627. The zero-order valence-electron chi connectivity index (χ0n) is 9.46. The maximum atomic E-state index is 12.0. The lowest BCUT2D eigenvalue weighted by atomic mass is 10.4. The molecule has 7 heteroatoms. The van der Waals surface area contributed by atoms with Crippen LogP contribution in [-0.2, 0) is 10.0 Å². The lowest BCUT2D eigenvalue weighted by molar-refractivity contribution is 0.601. The summed E-state index contributed by atoms with van der Waals surface area (Å²) in [5, 5.41) is -0.0647. The second kappa shape index (κ2) is 4.91. The molecule has 2 aromatic heterocycles. The Hall–Kier alpha value is -1.66. The van der Waals surface area contributed by atoms with Gasteiger partial charge in [0.2, 0.25) is 0 Å². The van der Waals surface area contributed by atoms with Crippen molar-refractivity contribution in [2.45, 2.75) is 11.8 Å². The summed E-state index contributed by atoms with van der Waals surface area (Å²) in [7, 11) is -3.74. The van der Waals surface area contributed by atoms with E-state index < -0.39 is 10.0 Å². The SMILES string of the molecule is Cc1ccc(NS(=O)(=O)c2cccnc2Cl)cn1. The molecular weight excluding hydrogens is 274 g/mol. The summed E-state index contributed by atoms with van der Waals surface area (Å²) >= 11 is 5.75. The number of nitrogens with zero attached hydrogens (tertiary/aromatic N) is 2. The lowest BCUT2D eigenvalue weighted by Crippen LogP contribution is -2.14. The highest BCUT2D eigenvalue weighted by Crippen LogP contribution is 2.20. The smallest absolute Gasteiger partial charge is 0.265 e. The van der Waals surface area contributed by atoms with Crippen LogP contribution in [-0.4, -0.2) is 18.4 Å². The van der Waals surface area contributed by atoms with E-state index in [1.54, 1.807) is 12.1 Å². The van der Waals surface area contributed by atoms with Crippen LogP contribution in [0.2, 0.25) is 5.15 Å². The van der Waals surface area contributed by atoms with Gasteiger partial charge in [-0.25, -0.2) is 13.4 Å². The summed E-state index contributed by atoms with van der Waals surface area (Å²) in [5.41, 5.74) is 1.18. The summed E-state index contributed by atoms with van der Waals surface area (Å²) in [5.74, 6) is 0. The second-order valence-electron chi connectivity index (χ2n) is 3.59. The Balaban J connectivity index is 2.33. The van der Waals surface area contributed by atoms with Crippen molar-refractivity contribution in [3.05, 3.63) is 47.5 Å². The van der Waals surface area contributed by atoms with Crippen LogP contribution in [0.15, 0.2) is 41.6 Å². The number of anilines is 1. The first kappa shape index (κ1) is 12.8. The van der Waals surface area contributed by atoms with Crippen molar-refractivity contribution < 1.29 is 8.42 Å². The zero-order valence-corrected chi connectivity index (χ0v) is 11.0. The number of hydrogen-bond acceptors (Lipinski definition) is 4. The van der Waals surface area contributed by atoms with Gasteiger partial charge in [0.05, 0.1) is 11.9 Å². The highest BCUT2D eigenvalue weighted by atomic mass is 35.5. The number of hydrogen-bond donors (Lipinski definition) is 1. The Morgan fingerprint density at radius 2 is 2.00 bits per heavy atom. The second-order valence-corrected chi connectivity index (χ2v) is 5.59. The van der Waals surface area contributed by atoms with Gasteiger partial charge < -0.3 is 0 Å². The molecule has 1 N–H and O–H groups in total. The predicted molar refractivity (Wildman–Crippen MR) is 69.0 cm³/mol. The third kappa shape index (κ3) is 2.77.